The van der Waals surface area contributed by atoms with Gasteiger partial charge in [0.25, 0.3) is 5.91 Å². The summed E-state index contributed by atoms with van der Waals surface area (Å²) in [5.41, 5.74) is 0.721. The molecule has 0 spiro atoms. The molecule has 146 valence electrons. The minimum Gasteiger partial charge on any atom is -0.467 e. The molecule has 0 fully saturated rings. The molecule has 0 unspecified atom stereocenters. The number of halogens is 1. The number of aromatic nitrogens is 2. The lowest BCUT2D eigenvalue weighted by atomic mass is 10.1. The molecule has 0 saturated heterocycles. The summed E-state index contributed by atoms with van der Waals surface area (Å²) in [6, 6.07) is 7.00. The van der Waals surface area contributed by atoms with Gasteiger partial charge in [-0.3, -0.25) is 9.69 Å². The second-order valence-electron chi connectivity index (χ2n) is 6.73. The van der Waals surface area contributed by atoms with E-state index in [1.807, 2.05) is 31.1 Å². The van der Waals surface area contributed by atoms with Crippen molar-refractivity contribution in [2.75, 3.05) is 13.6 Å². The molecule has 0 aliphatic carbocycles. The first-order valence-electron chi connectivity index (χ1n) is 8.84. The van der Waals surface area contributed by atoms with Crippen molar-refractivity contribution in [2.45, 2.75) is 19.0 Å². The van der Waals surface area contributed by atoms with E-state index < -0.39 is 0 Å². The van der Waals surface area contributed by atoms with Gasteiger partial charge in [-0.25, -0.2) is 9.99 Å². The zero-order valence-corrected chi connectivity index (χ0v) is 16.3. The maximum Gasteiger partial charge on any atom is 0.257 e. The molecule has 0 saturated carbocycles. The molecule has 0 N–H and O–H groups in total. The fourth-order valence-electron chi connectivity index (χ4n) is 3.21. The number of likely N-dealkylation sites (N-methyl/N-ethyl adjacent to an activating group) is 1. The van der Waals surface area contributed by atoms with E-state index in [2.05, 4.69) is 10.1 Å². The highest BCUT2D eigenvalue weighted by atomic mass is 35.5. The van der Waals surface area contributed by atoms with Gasteiger partial charge >= 0.3 is 0 Å². The van der Waals surface area contributed by atoms with Crippen molar-refractivity contribution in [1.29, 1.82) is 0 Å². The molecule has 28 heavy (non-hydrogen) atoms. The van der Waals surface area contributed by atoms with Crippen LogP contribution >= 0.6 is 11.6 Å². The van der Waals surface area contributed by atoms with Gasteiger partial charge in [0.05, 0.1) is 31.8 Å². The third-order valence-corrected chi connectivity index (χ3v) is 5.04. The van der Waals surface area contributed by atoms with Crippen LogP contribution in [0.25, 0.3) is 0 Å². The van der Waals surface area contributed by atoms with Crippen LogP contribution in [-0.2, 0) is 18.4 Å². The van der Waals surface area contributed by atoms with Crippen LogP contribution in [0.1, 0.15) is 29.8 Å². The van der Waals surface area contributed by atoms with Crippen LogP contribution in [0.15, 0.2) is 56.9 Å². The average Bonchev–Trinajstić information content (AvgIpc) is 3.44. The summed E-state index contributed by atoms with van der Waals surface area (Å²) in [6.07, 6.45) is 5.32. The van der Waals surface area contributed by atoms with E-state index in [9.17, 15) is 4.79 Å². The van der Waals surface area contributed by atoms with Gasteiger partial charge in [-0.2, -0.15) is 5.10 Å². The predicted octanol–water partition coefficient (Wildman–Crippen LogP) is 3.07. The van der Waals surface area contributed by atoms with E-state index in [0.29, 0.717) is 29.6 Å². The molecule has 1 aliphatic rings. The van der Waals surface area contributed by atoms with E-state index in [1.165, 1.54) is 5.01 Å². The van der Waals surface area contributed by atoms with Gasteiger partial charge in [-0.15, -0.1) is 0 Å². The smallest absolute Gasteiger partial charge is 0.257 e. The Morgan fingerprint density at radius 3 is 2.75 bits per heavy atom. The zero-order chi connectivity index (χ0) is 19.7. The first kappa shape index (κ1) is 18.5. The minimum absolute atomic E-state index is 0.134. The monoisotopic (exact) mass is 401 g/mol. The number of amides is 1. The number of hydrazone groups is 1. The first-order valence-corrected chi connectivity index (χ1v) is 9.22. The molecule has 9 heteroatoms. The lowest BCUT2D eigenvalue weighted by Crippen LogP contribution is -2.36. The number of carbonyl (C=O) groups excluding carboxylic acids is 1. The highest BCUT2D eigenvalue weighted by Gasteiger charge is 2.36. The lowest BCUT2D eigenvalue weighted by molar-refractivity contribution is -0.134. The van der Waals surface area contributed by atoms with Crippen LogP contribution in [0.5, 0.6) is 0 Å². The van der Waals surface area contributed by atoms with E-state index in [4.69, 9.17) is 20.4 Å². The number of imidazole rings is 1. The van der Waals surface area contributed by atoms with E-state index in [0.717, 1.165) is 11.5 Å². The van der Waals surface area contributed by atoms with Crippen LogP contribution in [0.3, 0.4) is 0 Å². The third kappa shape index (κ3) is 3.61. The number of hydrogen-bond acceptors (Lipinski definition) is 6. The van der Waals surface area contributed by atoms with Crippen LogP contribution in [0.4, 0.5) is 0 Å². The van der Waals surface area contributed by atoms with E-state index in [-0.39, 0.29) is 18.5 Å². The van der Waals surface area contributed by atoms with Gasteiger partial charge in [-0.1, -0.05) is 11.6 Å². The number of rotatable bonds is 6. The highest BCUT2D eigenvalue weighted by Crippen LogP contribution is 2.33. The summed E-state index contributed by atoms with van der Waals surface area (Å²) in [5, 5.41) is 6.57. The van der Waals surface area contributed by atoms with Crippen molar-refractivity contribution in [1.82, 2.24) is 19.5 Å². The van der Waals surface area contributed by atoms with Gasteiger partial charge < -0.3 is 13.4 Å². The van der Waals surface area contributed by atoms with E-state index >= 15 is 0 Å². The average molecular weight is 402 g/mol. The topological polar surface area (TPSA) is 80.0 Å². The van der Waals surface area contributed by atoms with Crippen LogP contribution in [0.2, 0.25) is 5.15 Å². The normalized spacial score (nSPS) is 16.8. The molecule has 4 rings (SSSR count). The predicted molar refractivity (Wildman–Crippen MR) is 103 cm³/mol. The van der Waals surface area contributed by atoms with Crippen molar-refractivity contribution in [3.8, 4) is 0 Å². The molecule has 1 amide bonds. The molecule has 3 aromatic rings. The molecular weight excluding hydrogens is 382 g/mol. The maximum absolute atomic E-state index is 13.0. The van der Waals surface area contributed by atoms with Crippen molar-refractivity contribution in [3.05, 3.63) is 65.5 Å². The van der Waals surface area contributed by atoms with Gasteiger partial charge in [0.15, 0.2) is 0 Å². The molecule has 8 nitrogen and oxygen atoms in total. The molecule has 0 radical (unpaired) electrons. The summed E-state index contributed by atoms with van der Waals surface area (Å²) in [5.74, 6) is 2.00. The van der Waals surface area contributed by atoms with Crippen molar-refractivity contribution < 1.29 is 13.6 Å². The summed E-state index contributed by atoms with van der Waals surface area (Å²) in [6.45, 7) is 0.666. The fourth-order valence-corrected chi connectivity index (χ4v) is 3.35. The summed E-state index contributed by atoms with van der Waals surface area (Å²) in [4.78, 5) is 19.2. The Kier molecular flexibility index (Phi) is 5.06. The van der Waals surface area contributed by atoms with Gasteiger partial charge in [0, 0.05) is 13.5 Å². The van der Waals surface area contributed by atoms with Gasteiger partial charge in [-0.05, 0) is 31.3 Å². The van der Waals surface area contributed by atoms with Gasteiger partial charge in [0.2, 0.25) is 0 Å². The number of furan rings is 2. The standard InChI is InChI=1S/C19H20ClN5O3/c1-23(11-18-21-10-17(20)24(18)2)12-19(26)25-14(16-6-4-8-28-16)9-13(22-25)15-5-3-7-27-15/h3-8,10,14H,9,11-12H2,1-2H3/t14-/m1/s1. The Morgan fingerprint density at radius 1 is 1.32 bits per heavy atom. The van der Waals surface area contributed by atoms with Crippen molar-refractivity contribution in [2.24, 2.45) is 12.1 Å². The molecule has 1 atom stereocenters. The van der Waals surface area contributed by atoms with Crippen LogP contribution in [0, 0.1) is 0 Å². The second kappa shape index (κ2) is 7.65. The largest absolute Gasteiger partial charge is 0.467 e. The number of carbonyl (C=O) groups is 1. The second-order valence-corrected chi connectivity index (χ2v) is 7.11. The zero-order valence-electron chi connectivity index (χ0n) is 15.6. The maximum atomic E-state index is 13.0. The molecular formula is C19H20ClN5O3. The lowest BCUT2D eigenvalue weighted by Gasteiger charge is -2.23. The minimum atomic E-state index is -0.293. The Bertz CT molecular complexity index is 978. The summed E-state index contributed by atoms with van der Waals surface area (Å²) < 4.78 is 12.8. The first-order chi connectivity index (χ1) is 13.5. The SMILES string of the molecule is CN(CC(=O)N1N=C(c2ccco2)C[C@@H]1c1ccco1)Cc1ncc(Cl)n1C. The van der Waals surface area contributed by atoms with Crippen LogP contribution in [-0.4, -0.2) is 44.7 Å². The van der Waals surface area contributed by atoms with Gasteiger partial charge in [0.1, 0.15) is 34.3 Å². The Morgan fingerprint density at radius 2 is 2.11 bits per heavy atom. The molecule has 4 heterocycles. The Hall–Kier alpha value is -2.84. The molecule has 1 aliphatic heterocycles. The Balaban J connectivity index is 1.50. The summed E-state index contributed by atoms with van der Waals surface area (Å²) in [7, 11) is 3.70. The van der Waals surface area contributed by atoms with Crippen molar-refractivity contribution in [3.63, 3.8) is 0 Å². The molecule has 0 aromatic carbocycles. The number of hydrogen-bond donors (Lipinski definition) is 0. The molecule has 0 bridgehead atoms. The number of nitrogens with zero attached hydrogens (tertiary/aromatic N) is 5. The van der Waals surface area contributed by atoms with Crippen LogP contribution < -0.4 is 0 Å². The van der Waals surface area contributed by atoms with Crippen molar-refractivity contribution >= 4 is 23.2 Å². The summed E-state index contributed by atoms with van der Waals surface area (Å²) >= 11 is 6.03. The highest BCUT2D eigenvalue weighted by molar-refractivity contribution is 6.29. The van der Waals surface area contributed by atoms with E-state index in [1.54, 1.807) is 35.4 Å². The quantitative estimate of drug-likeness (QED) is 0.634. The Labute approximate surface area is 167 Å². The molecule has 3 aromatic heterocycles. The fraction of sp³-hybridized carbons (Fsp3) is 0.316. The third-order valence-electron chi connectivity index (χ3n) is 4.69.